The zero-order valence-electron chi connectivity index (χ0n) is 25.5. The molecule has 2 aromatic carbocycles. The van der Waals surface area contributed by atoms with Crippen LogP contribution in [0.1, 0.15) is 92.9 Å². The maximum Gasteiger partial charge on any atom is 0.305 e. The number of carbonyl (C=O) groups excluding carboxylic acids is 2. The molecule has 44 heavy (non-hydrogen) atoms. The summed E-state index contributed by atoms with van der Waals surface area (Å²) in [5, 5.41) is 11.8. The van der Waals surface area contributed by atoms with Gasteiger partial charge in [0.2, 0.25) is 0 Å². The number of benzene rings is 2. The van der Waals surface area contributed by atoms with Crippen LogP contribution in [0.15, 0.2) is 75.5 Å². The number of nitrogens with one attached hydrogen (secondary N) is 1. The summed E-state index contributed by atoms with van der Waals surface area (Å²) in [7, 11) is 0. The summed E-state index contributed by atoms with van der Waals surface area (Å²) in [5.74, 6) is 1.80. The van der Waals surface area contributed by atoms with Crippen molar-refractivity contribution in [3.05, 3.63) is 87.7 Å². The van der Waals surface area contributed by atoms with Crippen LogP contribution in [0.5, 0.6) is 0 Å². The van der Waals surface area contributed by atoms with Crippen LogP contribution in [0.25, 0.3) is 5.57 Å². The van der Waals surface area contributed by atoms with Crippen molar-refractivity contribution in [1.29, 1.82) is 0 Å². The average Bonchev–Trinajstić information content (AvgIpc) is 3.27. The lowest BCUT2D eigenvalue weighted by molar-refractivity contribution is -0.137. The maximum absolute atomic E-state index is 14.4. The molecule has 0 bridgehead atoms. The molecule has 2 amide bonds. The van der Waals surface area contributed by atoms with Crippen molar-refractivity contribution < 1.29 is 19.5 Å². The Bertz CT molecular complexity index is 1650. The minimum Gasteiger partial charge on any atom is -0.481 e. The Kier molecular flexibility index (Phi) is 8.80. The molecule has 8 nitrogen and oxygen atoms in total. The lowest BCUT2D eigenvalue weighted by Gasteiger charge is -2.46. The highest BCUT2D eigenvalue weighted by Crippen LogP contribution is 2.49. The number of halogens is 1. The number of carbonyl (C=O) groups is 3. The number of hydrogen-bond donors (Lipinski definition) is 2. The van der Waals surface area contributed by atoms with Gasteiger partial charge in [-0.05, 0) is 85.1 Å². The Balaban J connectivity index is 1.46. The molecular weight excluding hydrogens is 576 g/mol. The van der Waals surface area contributed by atoms with Crippen molar-refractivity contribution >= 4 is 46.5 Å². The number of allylic oxidation sites excluding steroid dienone is 2. The molecule has 0 radical (unpaired) electrons. The summed E-state index contributed by atoms with van der Waals surface area (Å²) in [6.45, 7) is 8.88. The molecule has 1 spiro atoms. The van der Waals surface area contributed by atoms with E-state index in [4.69, 9.17) is 21.7 Å². The van der Waals surface area contributed by atoms with Gasteiger partial charge in [0.05, 0.1) is 12.5 Å². The number of rotatable bonds is 8. The number of aliphatic imine (C=N–C) groups is 2. The highest BCUT2D eigenvalue weighted by molar-refractivity contribution is 6.47. The fourth-order valence-electron chi connectivity index (χ4n) is 6.40. The predicted octanol–water partition coefficient (Wildman–Crippen LogP) is 6.52. The van der Waals surface area contributed by atoms with Crippen LogP contribution in [-0.2, 0) is 9.59 Å². The van der Waals surface area contributed by atoms with Crippen LogP contribution in [0.2, 0.25) is 0 Å². The Labute approximate surface area is 262 Å². The highest BCUT2D eigenvalue weighted by Gasteiger charge is 2.52. The first-order valence-corrected chi connectivity index (χ1v) is 15.4. The quantitative estimate of drug-likeness (QED) is 0.261. The summed E-state index contributed by atoms with van der Waals surface area (Å²) < 4.78 is 0. The van der Waals surface area contributed by atoms with Gasteiger partial charge in [-0.2, -0.15) is 4.99 Å². The molecule has 2 heterocycles. The van der Waals surface area contributed by atoms with E-state index in [0.29, 0.717) is 22.3 Å². The summed E-state index contributed by atoms with van der Waals surface area (Å²) in [4.78, 5) is 48.8. The monoisotopic (exact) mass is 612 g/mol. The van der Waals surface area contributed by atoms with E-state index in [1.165, 1.54) is 0 Å². The molecule has 3 aliphatic rings. The second-order valence-corrected chi connectivity index (χ2v) is 13.2. The Morgan fingerprint density at radius 2 is 1.82 bits per heavy atom. The number of amides is 2. The molecule has 1 unspecified atom stereocenters. The second-order valence-electron chi connectivity index (χ2n) is 12.8. The van der Waals surface area contributed by atoms with Gasteiger partial charge >= 0.3 is 5.97 Å². The fourth-order valence-corrected chi connectivity index (χ4v) is 6.55. The van der Waals surface area contributed by atoms with Gasteiger partial charge in [0.1, 0.15) is 16.5 Å². The summed E-state index contributed by atoms with van der Waals surface area (Å²) in [6.07, 6.45) is 5.03. The molecule has 1 atom stereocenters. The molecule has 0 saturated heterocycles. The third kappa shape index (κ3) is 6.48. The van der Waals surface area contributed by atoms with Gasteiger partial charge in [-0.1, -0.05) is 62.7 Å². The van der Waals surface area contributed by atoms with Gasteiger partial charge < -0.3 is 15.3 Å². The van der Waals surface area contributed by atoms with Crippen LogP contribution in [0.4, 0.5) is 0 Å². The second kappa shape index (κ2) is 12.4. The molecule has 2 aliphatic heterocycles. The molecule has 0 aromatic heterocycles. The number of carboxylic acid groups (broad SMARTS) is 1. The van der Waals surface area contributed by atoms with Crippen LogP contribution in [-0.4, -0.2) is 51.6 Å². The molecule has 2 N–H and O–H groups in total. The lowest BCUT2D eigenvalue weighted by Crippen LogP contribution is -2.50. The van der Waals surface area contributed by atoms with E-state index >= 15 is 0 Å². The van der Waals surface area contributed by atoms with E-state index in [2.05, 4.69) is 42.7 Å². The average molecular weight is 613 g/mol. The largest absolute Gasteiger partial charge is 0.481 e. The Morgan fingerprint density at radius 1 is 1.14 bits per heavy atom. The summed E-state index contributed by atoms with van der Waals surface area (Å²) in [6, 6.07) is 14.5. The molecule has 1 saturated carbocycles. The first-order valence-electron chi connectivity index (χ1n) is 15.0. The van der Waals surface area contributed by atoms with Crippen molar-refractivity contribution in [2.24, 2.45) is 21.3 Å². The van der Waals surface area contributed by atoms with Crippen LogP contribution in [0.3, 0.4) is 0 Å². The standard InChI is InChI=1S/C35H37ClN4O4/c1-22(23-8-10-24(11-9-23)32(43)38-19-15-30(41)42)40-33(44)31(39-35(40)16-12-28(13-17-35)34(2,3)4)27-7-5-6-25(20-27)26-14-18-37-29(36)21-26/h5-11,20-22,28H,12-13,15-17,19H2,1-4H3,(H,38,43)(H,41,42). The Morgan fingerprint density at radius 3 is 2.45 bits per heavy atom. The molecule has 2 aromatic rings. The zero-order chi connectivity index (χ0) is 31.6. The van der Waals surface area contributed by atoms with Gasteiger partial charge in [-0.3, -0.25) is 19.4 Å². The van der Waals surface area contributed by atoms with Gasteiger partial charge in [-0.25, -0.2) is 0 Å². The minimum absolute atomic E-state index is 0.0541. The van der Waals surface area contributed by atoms with Crippen molar-refractivity contribution in [3.8, 4) is 0 Å². The highest BCUT2D eigenvalue weighted by atomic mass is 35.5. The molecule has 9 heteroatoms. The number of carboxylic acids is 1. The van der Waals surface area contributed by atoms with Crippen LogP contribution >= 0.6 is 11.6 Å². The van der Waals surface area contributed by atoms with Crippen molar-refractivity contribution in [1.82, 2.24) is 10.2 Å². The van der Waals surface area contributed by atoms with Crippen molar-refractivity contribution in [2.75, 3.05) is 6.54 Å². The van der Waals surface area contributed by atoms with Gasteiger partial charge in [0, 0.05) is 29.1 Å². The van der Waals surface area contributed by atoms with Crippen LogP contribution < -0.4 is 5.32 Å². The molecule has 1 aliphatic carbocycles. The van der Waals surface area contributed by atoms with Crippen LogP contribution in [0, 0.1) is 11.3 Å². The first kappa shape index (κ1) is 31.2. The van der Waals surface area contributed by atoms with E-state index in [0.717, 1.165) is 47.9 Å². The van der Waals surface area contributed by atoms with Gasteiger partial charge in [0.25, 0.3) is 11.8 Å². The van der Waals surface area contributed by atoms with Gasteiger partial charge in [-0.15, -0.1) is 0 Å². The maximum atomic E-state index is 14.4. The third-order valence-electron chi connectivity index (χ3n) is 8.93. The fraction of sp³-hybridized carbons (Fsp3) is 0.400. The van der Waals surface area contributed by atoms with E-state index in [9.17, 15) is 14.4 Å². The van der Waals surface area contributed by atoms with Gasteiger partial charge in [0.15, 0.2) is 0 Å². The zero-order valence-corrected chi connectivity index (χ0v) is 26.2. The number of nitrogens with zero attached hydrogens (tertiary/aromatic N) is 3. The van der Waals surface area contributed by atoms with Crippen molar-refractivity contribution in [2.45, 2.75) is 71.5 Å². The van der Waals surface area contributed by atoms with E-state index < -0.39 is 11.6 Å². The van der Waals surface area contributed by atoms with E-state index in [1.54, 1.807) is 18.2 Å². The summed E-state index contributed by atoms with van der Waals surface area (Å²) in [5.41, 5.74) is 6.55. The number of hydrogen-bond acceptors (Lipinski definition) is 5. The predicted molar refractivity (Wildman–Crippen MR) is 172 cm³/mol. The van der Waals surface area contributed by atoms with Crippen molar-refractivity contribution in [3.63, 3.8) is 0 Å². The van der Waals surface area contributed by atoms with E-state index in [-0.39, 0.29) is 36.2 Å². The molecule has 228 valence electrons. The smallest absolute Gasteiger partial charge is 0.305 e. The topological polar surface area (TPSA) is 111 Å². The first-order chi connectivity index (χ1) is 20.9. The SMILES string of the molecule is CC(c1ccc(C(=O)NCCC(=O)O)cc1)N1C(=O)C(c2cccc(C3=C=C=NC(Cl)=C3)c2)=NC12CCC(C(C)(C)C)CC2. The molecular formula is C35H37ClN4O4. The summed E-state index contributed by atoms with van der Waals surface area (Å²) >= 11 is 6.11. The minimum atomic E-state index is -0.970. The normalized spacial score (nSPS) is 22.0. The number of aliphatic carboxylic acids is 1. The van der Waals surface area contributed by atoms with E-state index in [1.807, 2.05) is 48.2 Å². The third-order valence-corrected chi connectivity index (χ3v) is 9.13. The lowest BCUT2D eigenvalue weighted by atomic mass is 9.69. The Hall–Kier alpha value is -4.22. The molecule has 1 fully saturated rings. The molecule has 5 rings (SSSR count).